The van der Waals surface area contributed by atoms with Gasteiger partial charge in [-0.05, 0) is 55.8 Å². The Balaban J connectivity index is 1.54. The molecule has 2 N–H and O–H groups in total. The average Bonchev–Trinajstić information content (AvgIpc) is 2.74. The van der Waals surface area contributed by atoms with Crippen LogP contribution in [0.4, 0.5) is 10.1 Å². The van der Waals surface area contributed by atoms with E-state index in [1.807, 2.05) is 0 Å². The highest BCUT2D eigenvalue weighted by atomic mass is 19.1. The maximum Gasteiger partial charge on any atom is 0.253 e. The van der Waals surface area contributed by atoms with Crippen LogP contribution in [0.2, 0.25) is 0 Å². The second-order valence-corrected chi connectivity index (χ2v) is 7.21. The van der Waals surface area contributed by atoms with E-state index in [4.69, 9.17) is 0 Å². The van der Waals surface area contributed by atoms with Gasteiger partial charge in [0.05, 0.1) is 11.3 Å². The van der Waals surface area contributed by atoms with E-state index in [2.05, 4.69) is 22.1 Å². The summed E-state index contributed by atoms with van der Waals surface area (Å²) < 4.78 is 13.0. The highest BCUT2D eigenvalue weighted by Gasteiger charge is 2.26. The van der Waals surface area contributed by atoms with E-state index in [-0.39, 0.29) is 23.5 Å². The van der Waals surface area contributed by atoms with Crippen LogP contribution in [-0.2, 0) is 11.3 Å². The number of hydrogen-bond donors (Lipinski definition) is 2. The number of likely N-dealkylation sites (tertiary alicyclic amines) is 1. The fourth-order valence-corrected chi connectivity index (χ4v) is 3.49. The first-order valence-corrected chi connectivity index (χ1v) is 9.82. The van der Waals surface area contributed by atoms with Gasteiger partial charge in [0.1, 0.15) is 5.82 Å². The topological polar surface area (TPSA) is 61.4 Å². The number of carbonyl (C=O) groups excluding carboxylic acids is 2. The van der Waals surface area contributed by atoms with Gasteiger partial charge >= 0.3 is 0 Å². The van der Waals surface area contributed by atoms with E-state index in [0.29, 0.717) is 17.8 Å². The van der Waals surface area contributed by atoms with E-state index in [1.165, 1.54) is 12.1 Å². The van der Waals surface area contributed by atoms with Gasteiger partial charge in [-0.15, -0.1) is 6.58 Å². The third-order valence-electron chi connectivity index (χ3n) is 5.11. The van der Waals surface area contributed by atoms with Gasteiger partial charge in [0.2, 0.25) is 5.91 Å². The standard InChI is InChI=1S/C23H26FN3O2/c1-2-13-25-23(29)20-5-3-4-6-21(20)26-22(28)18-11-14-27(15-12-18)16-17-7-9-19(24)10-8-17/h2-10,18H,1,11-16H2,(H,25,29)(H,26,28). The molecule has 0 unspecified atom stereocenters. The third kappa shape index (κ3) is 5.74. The number of anilines is 1. The van der Waals surface area contributed by atoms with Crippen LogP contribution in [0.5, 0.6) is 0 Å². The highest BCUT2D eigenvalue weighted by Crippen LogP contribution is 2.22. The summed E-state index contributed by atoms with van der Waals surface area (Å²) >= 11 is 0. The lowest BCUT2D eigenvalue weighted by Gasteiger charge is -2.31. The van der Waals surface area contributed by atoms with E-state index in [9.17, 15) is 14.0 Å². The van der Waals surface area contributed by atoms with Crippen LogP contribution >= 0.6 is 0 Å². The molecular weight excluding hydrogens is 369 g/mol. The van der Waals surface area contributed by atoms with Crippen molar-refractivity contribution in [1.29, 1.82) is 0 Å². The quantitative estimate of drug-likeness (QED) is 0.705. The fourth-order valence-electron chi connectivity index (χ4n) is 3.49. The van der Waals surface area contributed by atoms with Gasteiger partial charge < -0.3 is 10.6 Å². The summed E-state index contributed by atoms with van der Waals surface area (Å²) in [5.41, 5.74) is 2.03. The molecule has 0 spiro atoms. The number of rotatable bonds is 7. The van der Waals surface area contributed by atoms with Crippen molar-refractivity contribution >= 4 is 17.5 Å². The Bertz CT molecular complexity index is 859. The fraction of sp³-hybridized carbons (Fsp3) is 0.304. The molecule has 1 aliphatic rings. The molecule has 3 rings (SSSR count). The Kier molecular flexibility index (Phi) is 7.14. The molecule has 1 fully saturated rings. The molecule has 0 aromatic heterocycles. The normalized spacial score (nSPS) is 14.9. The number of para-hydroxylation sites is 1. The first-order chi connectivity index (χ1) is 14.1. The number of carbonyl (C=O) groups is 2. The lowest BCUT2D eigenvalue weighted by molar-refractivity contribution is -0.121. The number of amides is 2. The number of nitrogens with zero attached hydrogens (tertiary/aromatic N) is 1. The van der Waals surface area contributed by atoms with Gasteiger partial charge in [-0.25, -0.2) is 4.39 Å². The number of benzene rings is 2. The zero-order chi connectivity index (χ0) is 20.6. The van der Waals surface area contributed by atoms with Gasteiger partial charge in [-0.3, -0.25) is 14.5 Å². The molecule has 6 heteroatoms. The van der Waals surface area contributed by atoms with Gasteiger partial charge in [0.25, 0.3) is 5.91 Å². The number of nitrogens with one attached hydrogen (secondary N) is 2. The van der Waals surface area contributed by atoms with E-state index in [1.54, 1.807) is 42.5 Å². The zero-order valence-electron chi connectivity index (χ0n) is 16.4. The minimum absolute atomic E-state index is 0.0598. The molecule has 2 amide bonds. The van der Waals surface area contributed by atoms with E-state index in [0.717, 1.165) is 38.0 Å². The maximum absolute atomic E-state index is 13.0. The minimum Gasteiger partial charge on any atom is -0.349 e. The molecule has 152 valence electrons. The predicted molar refractivity (Wildman–Crippen MR) is 112 cm³/mol. The van der Waals surface area contributed by atoms with Crippen LogP contribution < -0.4 is 10.6 Å². The van der Waals surface area contributed by atoms with Crippen molar-refractivity contribution in [1.82, 2.24) is 10.2 Å². The van der Waals surface area contributed by atoms with Crippen molar-refractivity contribution in [3.05, 3.63) is 78.1 Å². The molecule has 0 atom stereocenters. The molecule has 1 saturated heterocycles. The average molecular weight is 395 g/mol. The lowest BCUT2D eigenvalue weighted by atomic mass is 9.95. The van der Waals surface area contributed by atoms with Gasteiger partial charge in [0.15, 0.2) is 0 Å². The Morgan fingerprint density at radius 1 is 1.10 bits per heavy atom. The minimum atomic E-state index is -0.241. The number of halogens is 1. The summed E-state index contributed by atoms with van der Waals surface area (Å²) in [4.78, 5) is 27.3. The maximum atomic E-state index is 13.0. The Hall–Kier alpha value is -2.99. The lowest BCUT2D eigenvalue weighted by Crippen LogP contribution is -2.38. The van der Waals surface area contributed by atoms with Crippen LogP contribution in [0.25, 0.3) is 0 Å². The molecule has 0 bridgehead atoms. The van der Waals surface area contributed by atoms with Crippen molar-refractivity contribution in [2.24, 2.45) is 5.92 Å². The number of hydrogen-bond acceptors (Lipinski definition) is 3. The van der Waals surface area contributed by atoms with Crippen molar-refractivity contribution < 1.29 is 14.0 Å². The molecule has 5 nitrogen and oxygen atoms in total. The van der Waals surface area contributed by atoms with Gasteiger partial charge in [-0.2, -0.15) is 0 Å². The largest absolute Gasteiger partial charge is 0.349 e. The smallest absolute Gasteiger partial charge is 0.253 e. The molecule has 29 heavy (non-hydrogen) atoms. The molecule has 1 heterocycles. The SMILES string of the molecule is C=CCNC(=O)c1ccccc1NC(=O)C1CCN(Cc2ccc(F)cc2)CC1. The molecule has 0 aliphatic carbocycles. The van der Waals surface area contributed by atoms with Crippen molar-refractivity contribution in [3.63, 3.8) is 0 Å². The van der Waals surface area contributed by atoms with Crippen molar-refractivity contribution in [2.75, 3.05) is 25.0 Å². The van der Waals surface area contributed by atoms with Crippen LogP contribution in [0.3, 0.4) is 0 Å². The zero-order valence-corrected chi connectivity index (χ0v) is 16.4. The van der Waals surface area contributed by atoms with Crippen LogP contribution in [0.1, 0.15) is 28.8 Å². The second-order valence-electron chi connectivity index (χ2n) is 7.21. The Morgan fingerprint density at radius 2 is 1.79 bits per heavy atom. The van der Waals surface area contributed by atoms with E-state index < -0.39 is 0 Å². The summed E-state index contributed by atoms with van der Waals surface area (Å²) in [6, 6.07) is 13.5. The first kappa shape index (κ1) is 20.7. The van der Waals surface area contributed by atoms with E-state index >= 15 is 0 Å². The van der Waals surface area contributed by atoms with Gasteiger partial charge in [-0.1, -0.05) is 30.3 Å². The highest BCUT2D eigenvalue weighted by molar-refractivity contribution is 6.04. The van der Waals surface area contributed by atoms with Crippen molar-refractivity contribution in [3.8, 4) is 0 Å². The first-order valence-electron chi connectivity index (χ1n) is 9.82. The molecule has 2 aromatic rings. The Morgan fingerprint density at radius 3 is 2.48 bits per heavy atom. The summed E-state index contributed by atoms with van der Waals surface area (Å²) in [6.45, 7) is 6.31. The van der Waals surface area contributed by atoms with Crippen molar-refractivity contribution in [2.45, 2.75) is 19.4 Å². The molecule has 0 radical (unpaired) electrons. The summed E-state index contributed by atoms with van der Waals surface area (Å²) in [5.74, 6) is -0.628. The van der Waals surface area contributed by atoms with Crippen LogP contribution in [0.15, 0.2) is 61.2 Å². The van der Waals surface area contributed by atoms with Gasteiger partial charge in [0, 0.05) is 19.0 Å². The van der Waals surface area contributed by atoms with Crippen LogP contribution in [0, 0.1) is 11.7 Å². The molecule has 1 aliphatic heterocycles. The second kappa shape index (κ2) is 9.98. The molecule has 0 saturated carbocycles. The Labute approximate surface area is 170 Å². The molecular formula is C23H26FN3O2. The summed E-state index contributed by atoms with van der Waals surface area (Å²) in [6.07, 6.45) is 3.11. The monoisotopic (exact) mass is 395 g/mol. The summed E-state index contributed by atoms with van der Waals surface area (Å²) in [5, 5.41) is 5.66. The molecule has 2 aromatic carbocycles. The third-order valence-corrected chi connectivity index (χ3v) is 5.11. The number of piperidine rings is 1. The summed E-state index contributed by atoms with van der Waals surface area (Å²) in [7, 11) is 0. The van der Waals surface area contributed by atoms with Crippen LogP contribution in [-0.4, -0.2) is 36.3 Å². The predicted octanol–water partition coefficient (Wildman–Crippen LogP) is 3.59.